The van der Waals surface area contributed by atoms with E-state index in [1.807, 2.05) is 41.5 Å². The second-order valence-electron chi connectivity index (χ2n) is 5.02. The van der Waals surface area contributed by atoms with Crippen LogP contribution in [0.5, 0.6) is 0 Å². The van der Waals surface area contributed by atoms with Gasteiger partial charge in [0.25, 0.3) is 0 Å². The highest BCUT2D eigenvalue weighted by Crippen LogP contribution is 2.14. The molecule has 0 heterocycles. The van der Waals surface area contributed by atoms with Gasteiger partial charge < -0.3 is 9.47 Å². The van der Waals surface area contributed by atoms with Gasteiger partial charge in [-0.25, -0.2) is 0 Å². The number of nitrogens with one attached hydrogen (secondary N) is 1. The average Bonchev–Trinajstić information content (AvgIpc) is 2.16. The molecule has 0 aliphatic carbocycles. The van der Waals surface area contributed by atoms with Crippen LogP contribution in [-0.2, 0) is 14.3 Å². The monoisotopic (exact) mass is 245 g/mol. The van der Waals surface area contributed by atoms with Crippen molar-refractivity contribution in [1.29, 1.82) is 0 Å². The summed E-state index contributed by atoms with van der Waals surface area (Å²) in [6.45, 7) is 12.6. The smallest absolute Gasteiger partial charge is 0.326 e. The maximum absolute atomic E-state index is 11.9. The molecule has 1 atom stereocenters. The van der Waals surface area contributed by atoms with Crippen molar-refractivity contribution in [3.63, 3.8) is 0 Å². The summed E-state index contributed by atoms with van der Waals surface area (Å²) in [6, 6.07) is 0.225. The van der Waals surface area contributed by atoms with Crippen molar-refractivity contribution in [2.24, 2.45) is 0 Å². The zero-order valence-electron chi connectivity index (χ0n) is 12.0. The molecule has 1 N–H and O–H groups in total. The lowest BCUT2D eigenvalue weighted by Crippen LogP contribution is -2.53. The van der Waals surface area contributed by atoms with Crippen LogP contribution in [0, 0.1) is 0 Å². The largest absolute Gasteiger partial charge is 0.465 e. The number of carbonyl (C=O) groups is 1. The lowest BCUT2D eigenvalue weighted by Gasteiger charge is -2.30. The Morgan fingerprint density at radius 1 is 1.29 bits per heavy atom. The minimum atomic E-state index is -0.668. The van der Waals surface area contributed by atoms with Gasteiger partial charge in [-0.3, -0.25) is 10.1 Å². The van der Waals surface area contributed by atoms with Crippen LogP contribution in [0.3, 0.4) is 0 Å². The third kappa shape index (κ3) is 6.64. The van der Waals surface area contributed by atoms with E-state index in [-0.39, 0.29) is 18.1 Å². The van der Waals surface area contributed by atoms with E-state index in [9.17, 15) is 4.79 Å². The van der Waals surface area contributed by atoms with Gasteiger partial charge in [0, 0.05) is 12.6 Å². The van der Waals surface area contributed by atoms with Crippen molar-refractivity contribution in [1.82, 2.24) is 5.32 Å². The van der Waals surface area contributed by atoms with Crippen molar-refractivity contribution >= 4 is 5.97 Å². The molecule has 0 bridgehead atoms. The highest BCUT2D eigenvalue weighted by Gasteiger charge is 2.34. The lowest BCUT2D eigenvalue weighted by atomic mass is 9.97. The molecule has 17 heavy (non-hydrogen) atoms. The normalized spacial score (nSPS) is 15.1. The van der Waals surface area contributed by atoms with Crippen LogP contribution in [0.15, 0.2) is 0 Å². The Balaban J connectivity index is 4.43. The number of hydrogen-bond donors (Lipinski definition) is 1. The molecular formula is C13H27NO3. The SMILES string of the molecule is CCOC(=O)C(C)(CCOC(C)C)NC(C)C. The standard InChI is InChI=1S/C13H27NO3/c1-7-16-12(15)13(6,14-10(2)3)8-9-17-11(4)5/h10-11,14H,7-9H2,1-6H3. The Labute approximate surface area is 105 Å². The van der Waals surface area contributed by atoms with Gasteiger partial charge in [0.2, 0.25) is 0 Å². The summed E-state index contributed by atoms with van der Waals surface area (Å²) in [5.41, 5.74) is -0.668. The predicted molar refractivity (Wildman–Crippen MR) is 69.0 cm³/mol. The first-order valence-electron chi connectivity index (χ1n) is 6.38. The first kappa shape index (κ1) is 16.4. The molecule has 0 saturated carbocycles. The second-order valence-corrected chi connectivity index (χ2v) is 5.02. The van der Waals surface area contributed by atoms with Crippen LogP contribution in [0.25, 0.3) is 0 Å². The van der Waals surface area contributed by atoms with Gasteiger partial charge in [-0.05, 0) is 48.0 Å². The molecule has 4 nitrogen and oxygen atoms in total. The number of carbonyl (C=O) groups excluding carboxylic acids is 1. The molecule has 0 fully saturated rings. The number of esters is 1. The van der Waals surface area contributed by atoms with Crippen LogP contribution in [0.2, 0.25) is 0 Å². The minimum Gasteiger partial charge on any atom is -0.465 e. The van der Waals surface area contributed by atoms with Crippen molar-refractivity contribution in [3.05, 3.63) is 0 Å². The zero-order chi connectivity index (χ0) is 13.5. The molecule has 0 saturated heterocycles. The lowest BCUT2D eigenvalue weighted by molar-refractivity contribution is -0.152. The molecule has 0 aliphatic heterocycles. The fraction of sp³-hybridized carbons (Fsp3) is 0.923. The Hall–Kier alpha value is -0.610. The Morgan fingerprint density at radius 3 is 2.29 bits per heavy atom. The van der Waals surface area contributed by atoms with Crippen molar-refractivity contribution in [2.45, 2.75) is 65.6 Å². The van der Waals surface area contributed by atoms with Gasteiger partial charge in [-0.2, -0.15) is 0 Å². The molecule has 0 rings (SSSR count). The van der Waals surface area contributed by atoms with Crippen LogP contribution < -0.4 is 5.32 Å². The van der Waals surface area contributed by atoms with Crippen LogP contribution in [0.4, 0.5) is 0 Å². The van der Waals surface area contributed by atoms with Crippen molar-refractivity contribution < 1.29 is 14.3 Å². The Kier molecular flexibility index (Phi) is 7.39. The van der Waals surface area contributed by atoms with Crippen molar-refractivity contribution in [2.75, 3.05) is 13.2 Å². The van der Waals surface area contributed by atoms with E-state index in [1.165, 1.54) is 0 Å². The molecule has 0 aliphatic rings. The van der Waals surface area contributed by atoms with Gasteiger partial charge in [0.15, 0.2) is 0 Å². The van der Waals surface area contributed by atoms with E-state index < -0.39 is 5.54 Å². The van der Waals surface area contributed by atoms with E-state index in [1.54, 1.807) is 0 Å². The summed E-state index contributed by atoms with van der Waals surface area (Å²) < 4.78 is 10.6. The summed E-state index contributed by atoms with van der Waals surface area (Å²) >= 11 is 0. The topological polar surface area (TPSA) is 47.6 Å². The van der Waals surface area contributed by atoms with E-state index in [2.05, 4.69) is 5.32 Å². The van der Waals surface area contributed by atoms with Gasteiger partial charge in [-0.1, -0.05) is 0 Å². The first-order chi connectivity index (χ1) is 7.81. The summed E-state index contributed by atoms with van der Waals surface area (Å²) in [6.07, 6.45) is 0.794. The van der Waals surface area contributed by atoms with E-state index in [4.69, 9.17) is 9.47 Å². The quantitative estimate of drug-likeness (QED) is 0.665. The molecule has 0 radical (unpaired) electrons. The van der Waals surface area contributed by atoms with Gasteiger partial charge >= 0.3 is 5.97 Å². The fourth-order valence-corrected chi connectivity index (χ4v) is 1.66. The van der Waals surface area contributed by atoms with Crippen molar-refractivity contribution in [3.8, 4) is 0 Å². The third-order valence-electron chi connectivity index (χ3n) is 2.39. The first-order valence-corrected chi connectivity index (χ1v) is 6.38. The molecule has 0 amide bonds. The molecule has 0 aromatic rings. The van der Waals surface area contributed by atoms with Gasteiger partial charge in [-0.15, -0.1) is 0 Å². The molecule has 0 spiro atoms. The number of hydrogen-bond acceptors (Lipinski definition) is 4. The molecule has 1 unspecified atom stereocenters. The van der Waals surface area contributed by atoms with Gasteiger partial charge in [0.1, 0.15) is 5.54 Å². The maximum Gasteiger partial charge on any atom is 0.326 e. The number of ether oxygens (including phenoxy) is 2. The van der Waals surface area contributed by atoms with E-state index >= 15 is 0 Å². The summed E-state index contributed by atoms with van der Waals surface area (Å²) in [7, 11) is 0. The van der Waals surface area contributed by atoms with Crippen LogP contribution in [-0.4, -0.2) is 36.9 Å². The third-order valence-corrected chi connectivity index (χ3v) is 2.39. The molecule has 0 aromatic carbocycles. The maximum atomic E-state index is 11.9. The average molecular weight is 245 g/mol. The highest BCUT2D eigenvalue weighted by atomic mass is 16.5. The number of rotatable bonds is 8. The summed E-state index contributed by atoms with van der Waals surface area (Å²) in [5, 5.41) is 3.26. The second kappa shape index (κ2) is 7.67. The molecular weight excluding hydrogens is 218 g/mol. The Bertz CT molecular complexity index is 229. The fourth-order valence-electron chi connectivity index (χ4n) is 1.66. The van der Waals surface area contributed by atoms with E-state index in [0.717, 1.165) is 0 Å². The summed E-state index contributed by atoms with van der Waals surface area (Å²) in [5.74, 6) is -0.207. The molecule has 0 aromatic heterocycles. The highest BCUT2D eigenvalue weighted by molar-refractivity contribution is 5.80. The Morgan fingerprint density at radius 2 is 1.88 bits per heavy atom. The van der Waals surface area contributed by atoms with Gasteiger partial charge in [0.05, 0.1) is 12.7 Å². The van der Waals surface area contributed by atoms with Crippen LogP contribution >= 0.6 is 0 Å². The predicted octanol–water partition coefficient (Wildman–Crippen LogP) is 2.12. The van der Waals surface area contributed by atoms with E-state index in [0.29, 0.717) is 19.6 Å². The molecule has 102 valence electrons. The zero-order valence-corrected chi connectivity index (χ0v) is 12.0. The molecule has 4 heteroatoms. The van der Waals surface area contributed by atoms with Crippen LogP contribution in [0.1, 0.15) is 48.0 Å². The summed E-state index contributed by atoms with van der Waals surface area (Å²) in [4.78, 5) is 11.9. The minimum absolute atomic E-state index is 0.181.